The minimum absolute atomic E-state index is 0.0810. The molecule has 0 unspecified atom stereocenters. The van der Waals surface area contributed by atoms with Crippen molar-refractivity contribution in [3.63, 3.8) is 0 Å². The molecular weight excluding hydrogens is 216 g/mol. The molecule has 0 heterocycles. The highest BCUT2D eigenvalue weighted by Gasteiger charge is 2.01. The molecule has 2 N–H and O–H groups in total. The number of hydrogen-bond acceptors (Lipinski definition) is 3. The standard InChI is InChI=1S/C13H20N2O2/c1-15(2)10-8-13(17)14-9-7-11-3-5-12(16)6-4-11/h3-6,16H,7-10H2,1-2H3,(H,14,17). The lowest BCUT2D eigenvalue weighted by Crippen LogP contribution is -2.28. The number of phenols is 1. The van der Waals surface area contributed by atoms with Gasteiger partial charge in [-0.3, -0.25) is 4.79 Å². The number of nitrogens with zero attached hydrogens (tertiary/aromatic N) is 1. The molecule has 0 bridgehead atoms. The Morgan fingerprint density at radius 2 is 1.94 bits per heavy atom. The molecule has 1 amide bonds. The van der Waals surface area contributed by atoms with Gasteiger partial charge in [0, 0.05) is 19.5 Å². The van der Waals surface area contributed by atoms with Crippen LogP contribution in [0.4, 0.5) is 0 Å². The van der Waals surface area contributed by atoms with Crippen LogP contribution in [0.5, 0.6) is 5.75 Å². The number of hydrogen-bond donors (Lipinski definition) is 2. The highest BCUT2D eigenvalue weighted by Crippen LogP contribution is 2.09. The van der Waals surface area contributed by atoms with Gasteiger partial charge in [0.1, 0.15) is 5.75 Å². The van der Waals surface area contributed by atoms with Crippen LogP contribution in [0.2, 0.25) is 0 Å². The molecule has 0 aromatic heterocycles. The molecule has 17 heavy (non-hydrogen) atoms. The number of benzene rings is 1. The number of rotatable bonds is 6. The maximum Gasteiger partial charge on any atom is 0.221 e. The average Bonchev–Trinajstić information content (AvgIpc) is 2.29. The van der Waals surface area contributed by atoms with Crippen molar-refractivity contribution in [1.29, 1.82) is 0 Å². The predicted octanol–water partition coefficient (Wildman–Crippen LogP) is 1.00. The van der Waals surface area contributed by atoms with Crippen molar-refractivity contribution in [2.75, 3.05) is 27.2 Å². The summed E-state index contributed by atoms with van der Waals surface area (Å²) < 4.78 is 0. The van der Waals surface area contributed by atoms with Gasteiger partial charge < -0.3 is 15.3 Å². The molecule has 4 heteroatoms. The lowest BCUT2D eigenvalue weighted by molar-refractivity contribution is -0.121. The van der Waals surface area contributed by atoms with E-state index in [1.165, 1.54) is 0 Å². The monoisotopic (exact) mass is 236 g/mol. The summed E-state index contributed by atoms with van der Waals surface area (Å²) in [6, 6.07) is 7.04. The minimum Gasteiger partial charge on any atom is -0.508 e. The molecule has 0 fully saturated rings. The molecule has 0 saturated carbocycles. The number of nitrogens with one attached hydrogen (secondary N) is 1. The number of carbonyl (C=O) groups is 1. The van der Waals surface area contributed by atoms with Gasteiger partial charge in [-0.05, 0) is 38.2 Å². The van der Waals surface area contributed by atoms with Crippen LogP contribution in [0.15, 0.2) is 24.3 Å². The summed E-state index contributed by atoms with van der Waals surface area (Å²) in [7, 11) is 3.90. The number of amides is 1. The molecule has 0 aliphatic carbocycles. The Morgan fingerprint density at radius 1 is 1.29 bits per heavy atom. The van der Waals surface area contributed by atoms with Gasteiger partial charge in [-0.15, -0.1) is 0 Å². The topological polar surface area (TPSA) is 52.6 Å². The highest BCUT2D eigenvalue weighted by atomic mass is 16.3. The van der Waals surface area contributed by atoms with Crippen molar-refractivity contribution in [1.82, 2.24) is 10.2 Å². The molecule has 0 spiro atoms. The van der Waals surface area contributed by atoms with Crippen LogP contribution >= 0.6 is 0 Å². The molecule has 0 aliphatic rings. The molecule has 1 rings (SSSR count). The van der Waals surface area contributed by atoms with Crippen molar-refractivity contribution in [3.05, 3.63) is 29.8 Å². The molecule has 0 atom stereocenters. The second-order valence-electron chi connectivity index (χ2n) is 4.32. The van der Waals surface area contributed by atoms with E-state index >= 15 is 0 Å². The fourth-order valence-corrected chi connectivity index (χ4v) is 1.42. The van der Waals surface area contributed by atoms with Gasteiger partial charge in [0.2, 0.25) is 5.91 Å². The summed E-state index contributed by atoms with van der Waals surface area (Å²) in [6.45, 7) is 1.40. The summed E-state index contributed by atoms with van der Waals surface area (Å²) in [4.78, 5) is 13.4. The Kier molecular flexibility index (Phi) is 5.49. The molecule has 0 saturated heterocycles. The van der Waals surface area contributed by atoms with Crippen molar-refractivity contribution in [3.8, 4) is 5.75 Å². The molecule has 94 valence electrons. The molecule has 0 radical (unpaired) electrons. The quantitative estimate of drug-likeness (QED) is 0.775. The Morgan fingerprint density at radius 3 is 2.53 bits per heavy atom. The van der Waals surface area contributed by atoms with Crippen LogP contribution in [-0.2, 0) is 11.2 Å². The van der Waals surface area contributed by atoms with Crippen LogP contribution in [0, 0.1) is 0 Å². The van der Waals surface area contributed by atoms with Crippen molar-refractivity contribution >= 4 is 5.91 Å². The minimum atomic E-state index is 0.0810. The third-order valence-electron chi connectivity index (χ3n) is 2.46. The third kappa shape index (κ3) is 5.92. The van der Waals surface area contributed by atoms with Crippen LogP contribution < -0.4 is 5.32 Å². The van der Waals surface area contributed by atoms with E-state index in [0.717, 1.165) is 18.5 Å². The van der Waals surface area contributed by atoms with Gasteiger partial charge >= 0.3 is 0 Å². The molecule has 1 aromatic carbocycles. The van der Waals surface area contributed by atoms with Crippen molar-refractivity contribution in [2.24, 2.45) is 0 Å². The summed E-state index contributed by atoms with van der Waals surface area (Å²) in [5, 5.41) is 12.0. The largest absolute Gasteiger partial charge is 0.508 e. The maximum atomic E-state index is 11.4. The fourth-order valence-electron chi connectivity index (χ4n) is 1.42. The smallest absolute Gasteiger partial charge is 0.221 e. The summed E-state index contributed by atoms with van der Waals surface area (Å²) in [6.07, 6.45) is 1.32. The van der Waals surface area contributed by atoms with E-state index in [1.54, 1.807) is 12.1 Å². The normalized spacial score (nSPS) is 10.5. The highest BCUT2D eigenvalue weighted by molar-refractivity contribution is 5.76. The van der Waals surface area contributed by atoms with Gasteiger partial charge in [0.25, 0.3) is 0 Å². The molecule has 0 aliphatic heterocycles. The van der Waals surface area contributed by atoms with E-state index in [4.69, 9.17) is 5.11 Å². The summed E-state index contributed by atoms with van der Waals surface area (Å²) >= 11 is 0. The van der Waals surface area contributed by atoms with E-state index < -0.39 is 0 Å². The van der Waals surface area contributed by atoms with E-state index in [0.29, 0.717) is 13.0 Å². The number of phenolic OH excluding ortho intramolecular Hbond substituents is 1. The van der Waals surface area contributed by atoms with E-state index in [9.17, 15) is 4.79 Å². The van der Waals surface area contributed by atoms with Gasteiger partial charge in [-0.2, -0.15) is 0 Å². The van der Waals surface area contributed by atoms with E-state index in [-0.39, 0.29) is 11.7 Å². The number of aromatic hydroxyl groups is 1. The van der Waals surface area contributed by atoms with E-state index in [2.05, 4.69) is 5.32 Å². The predicted molar refractivity (Wildman–Crippen MR) is 68.0 cm³/mol. The SMILES string of the molecule is CN(C)CCC(=O)NCCc1ccc(O)cc1. The Labute approximate surface area is 102 Å². The first-order valence-corrected chi connectivity index (χ1v) is 5.77. The first-order chi connectivity index (χ1) is 8.08. The van der Waals surface area contributed by atoms with Gasteiger partial charge in [-0.1, -0.05) is 12.1 Å². The van der Waals surface area contributed by atoms with Crippen molar-refractivity contribution in [2.45, 2.75) is 12.8 Å². The zero-order chi connectivity index (χ0) is 12.7. The van der Waals surface area contributed by atoms with Gasteiger partial charge in [0.15, 0.2) is 0 Å². The maximum absolute atomic E-state index is 11.4. The molecule has 1 aromatic rings. The first kappa shape index (κ1) is 13.5. The van der Waals surface area contributed by atoms with Gasteiger partial charge in [0.05, 0.1) is 0 Å². The fraction of sp³-hybridized carbons (Fsp3) is 0.462. The zero-order valence-corrected chi connectivity index (χ0v) is 10.4. The Bertz CT molecular complexity index is 347. The first-order valence-electron chi connectivity index (χ1n) is 5.77. The van der Waals surface area contributed by atoms with Gasteiger partial charge in [-0.25, -0.2) is 0 Å². The molecular formula is C13H20N2O2. The van der Waals surface area contributed by atoms with Crippen LogP contribution in [0.3, 0.4) is 0 Å². The lowest BCUT2D eigenvalue weighted by atomic mass is 10.1. The number of carbonyl (C=O) groups excluding carboxylic acids is 1. The molecule has 4 nitrogen and oxygen atoms in total. The van der Waals surface area contributed by atoms with Crippen molar-refractivity contribution < 1.29 is 9.90 Å². The average molecular weight is 236 g/mol. The van der Waals surface area contributed by atoms with E-state index in [1.807, 2.05) is 31.1 Å². The van der Waals surface area contributed by atoms with Crippen LogP contribution in [0.25, 0.3) is 0 Å². The Balaban J connectivity index is 2.19. The third-order valence-corrected chi connectivity index (χ3v) is 2.46. The second-order valence-corrected chi connectivity index (χ2v) is 4.32. The van der Waals surface area contributed by atoms with Crippen LogP contribution in [-0.4, -0.2) is 43.1 Å². The lowest BCUT2D eigenvalue weighted by Gasteiger charge is -2.09. The van der Waals surface area contributed by atoms with Crippen LogP contribution in [0.1, 0.15) is 12.0 Å². The summed E-state index contributed by atoms with van der Waals surface area (Å²) in [5.74, 6) is 0.348. The second kappa shape index (κ2) is 6.91. The summed E-state index contributed by atoms with van der Waals surface area (Å²) in [5.41, 5.74) is 1.11. The zero-order valence-electron chi connectivity index (χ0n) is 10.4. The Hall–Kier alpha value is -1.55.